The van der Waals surface area contributed by atoms with Crippen LogP contribution in [0.3, 0.4) is 0 Å². The predicted molar refractivity (Wildman–Crippen MR) is 145 cm³/mol. The average molecular weight is 538 g/mol. The van der Waals surface area contributed by atoms with Gasteiger partial charge in [-0.1, -0.05) is 55.5 Å². The van der Waals surface area contributed by atoms with Crippen LogP contribution in [0.1, 0.15) is 45.2 Å². The number of amides is 2. The minimum Gasteiger partial charge on any atom is -0.467 e. The molecule has 0 bridgehead atoms. The molecule has 1 unspecified atom stereocenters. The number of carbonyl (C=O) groups excluding carboxylic acids is 4. The summed E-state index contributed by atoms with van der Waals surface area (Å²) in [5.41, 5.74) is 1.35. The predicted octanol–water partition coefficient (Wildman–Crippen LogP) is 4.33. The number of hydrogen-bond acceptors (Lipinski definition) is 7. The number of methoxy groups -OCH3 is 1. The highest BCUT2D eigenvalue weighted by Gasteiger charge is 2.29. The molecular weight excluding hydrogens is 502 g/mol. The molecule has 0 saturated heterocycles. The molecule has 0 aliphatic carbocycles. The van der Waals surface area contributed by atoms with Gasteiger partial charge in [-0.05, 0) is 44.4 Å². The van der Waals surface area contributed by atoms with E-state index in [1.807, 2.05) is 42.5 Å². The maximum absolute atomic E-state index is 13.1. The molecule has 0 saturated carbocycles. The van der Waals surface area contributed by atoms with Gasteiger partial charge in [0.05, 0.1) is 12.6 Å². The number of ether oxygens (including phenoxy) is 3. The lowest BCUT2D eigenvalue weighted by molar-refractivity contribution is -0.145. The van der Waals surface area contributed by atoms with Gasteiger partial charge in [0.15, 0.2) is 0 Å². The van der Waals surface area contributed by atoms with E-state index in [0.717, 1.165) is 10.9 Å². The number of aromatic nitrogens is 1. The van der Waals surface area contributed by atoms with Crippen molar-refractivity contribution in [2.75, 3.05) is 7.11 Å². The Hall–Kier alpha value is -4.34. The van der Waals surface area contributed by atoms with Gasteiger partial charge in [-0.25, -0.2) is 14.4 Å². The molecule has 2 aromatic carbocycles. The minimum atomic E-state index is -1.07. The van der Waals surface area contributed by atoms with Crippen LogP contribution in [0.15, 0.2) is 60.8 Å². The Labute approximate surface area is 227 Å². The summed E-state index contributed by atoms with van der Waals surface area (Å²) in [5.74, 6) is -1.24. The largest absolute Gasteiger partial charge is 0.467 e. The summed E-state index contributed by atoms with van der Waals surface area (Å²) in [6.07, 6.45) is 0.586. The zero-order chi connectivity index (χ0) is 28.6. The van der Waals surface area contributed by atoms with Crippen molar-refractivity contribution in [3.63, 3.8) is 0 Å². The molecule has 208 valence electrons. The van der Waals surface area contributed by atoms with Crippen molar-refractivity contribution in [2.24, 2.45) is 0 Å². The first-order valence-corrected chi connectivity index (χ1v) is 12.7. The fourth-order valence-corrected chi connectivity index (χ4v) is 3.96. The van der Waals surface area contributed by atoms with Gasteiger partial charge in [0.1, 0.15) is 24.3 Å². The number of carbonyl (C=O) groups is 4. The zero-order valence-electron chi connectivity index (χ0n) is 22.9. The summed E-state index contributed by atoms with van der Waals surface area (Å²) >= 11 is 0. The fourth-order valence-electron chi connectivity index (χ4n) is 3.96. The molecule has 10 heteroatoms. The molecule has 10 nitrogen and oxygen atoms in total. The SMILES string of the molecule is CC[C@@H](NC(=O)OCc1ccccc1)C(=O)NC(Cc1cn(C(=O)OC(C)(C)C)c2ccccc12)C(=O)OC. The van der Waals surface area contributed by atoms with Gasteiger partial charge in [-0.3, -0.25) is 9.36 Å². The number of rotatable bonds is 9. The number of nitrogens with one attached hydrogen (secondary N) is 2. The Morgan fingerprint density at radius 2 is 1.59 bits per heavy atom. The van der Waals surface area contributed by atoms with Gasteiger partial charge in [0.25, 0.3) is 0 Å². The second kappa shape index (κ2) is 12.9. The number of esters is 1. The Balaban J connectivity index is 1.74. The second-order valence-corrected chi connectivity index (χ2v) is 9.98. The van der Waals surface area contributed by atoms with Crippen LogP contribution in [-0.4, -0.2) is 53.4 Å². The van der Waals surface area contributed by atoms with Crippen LogP contribution in [0.4, 0.5) is 9.59 Å². The highest BCUT2D eigenvalue weighted by atomic mass is 16.6. The lowest BCUT2D eigenvalue weighted by Gasteiger charge is -2.21. The van der Waals surface area contributed by atoms with Crippen molar-refractivity contribution in [2.45, 2.75) is 64.8 Å². The summed E-state index contributed by atoms with van der Waals surface area (Å²) in [6.45, 7) is 7.10. The molecular formula is C29H35N3O7. The van der Waals surface area contributed by atoms with Crippen molar-refractivity contribution in [1.29, 1.82) is 0 Å². The van der Waals surface area contributed by atoms with Gasteiger partial charge in [-0.2, -0.15) is 0 Å². The van der Waals surface area contributed by atoms with E-state index in [1.54, 1.807) is 46.0 Å². The Bertz CT molecular complexity index is 1310. The maximum atomic E-state index is 13.1. The van der Waals surface area contributed by atoms with Crippen molar-refractivity contribution < 1.29 is 33.4 Å². The van der Waals surface area contributed by atoms with E-state index in [9.17, 15) is 19.2 Å². The third kappa shape index (κ3) is 8.07. The van der Waals surface area contributed by atoms with E-state index in [2.05, 4.69) is 10.6 Å². The molecule has 3 aromatic rings. The summed E-state index contributed by atoms with van der Waals surface area (Å²) in [6, 6.07) is 14.3. The van der Waals surface area contributed by atoms with Crippen molar-refractivity contribution in [3.05, 3.63) is 71.9 Å². The van der Waals surface area contributed by atoms with E-state index in [-0.39, 0.29) is 19.4 Å². The molecule has 0 fully saturated rings. The van der Waals surface area contributed by atoms with Gasteiger partial charge < -0.3 is 24.8 Å². The Morgan fingerprint density at radius 3 is 2.23 bits per heavy atom. The molecule has 0 aliphatic rings. The minimum absolute atomic E-state index is 0.0453. The van der Waals surface area contributed by atoms with E-state index in [4.69, 9.17) is 14.2 Å². The summed E-state index contributed by atoms with van der Waals surface area (Å²) in [7, 11) is 1.22. The van der Waals surface area contributed by atoms with Gasteiger partial charge in [0, 0.05) is 18.0 Å². The number of fused-ring (bicyclic) bond motifs is 1. The number of para-hydroxylation sites is 1. The second-order valence-electron chi connectivity index (χ2n) is 9.98. The summed E-state index contributed by atoms with van der Waals surface area (Å²) in [4.78, 5) is 50.9. The fraction of sp³-hybridized carbons (Fsp3) is 0.379. The molecule has 1 heterocycles. The third-order valence-corrected chi connectivity index (χ3v) is 5.84. The molecule has 2 N–H and O–H groups in total. The van der Waals surface area contributed by atoms with E-state index >= 15 is 0 Å². The molecule has 39 heavy (non-hydrogen) atoms. The van der Waals surface area contributed by atoms with Crippen LogP contribution >= 0.6 is 0 Å². The monoisotopic (exact) mass is 537 g/mol. The lowest BCUT2D eigenvalue weighted by Crippen LogP contribution is -2.52. The number of hydrogen-bond donors (Lipinski definition) is 2. The lowest BCUT2D eigenvalue weighted by atomic mass is 10.0. The average Bonchev–Trinajstić information content (AvgIpc) is 3.28. The molecule has 2 atom stereocenters. The van der Waals surface area contributed by atoms with Crippen LogP contribution in [0.25, 0.3) is 10.9 Å². The number of alkyl carbamates (subject to hydrolysis) is 1. The topological polar surface area (TPSA) is 125 Å². The third-order valence-electron chi connectivity index (χ3n) is 5.84. The van der Waals surface area contributed by atoms with Crippen molar-refractivity contribution in [3.8, 4) is 0 Å². The van der Waals surface area contributed by atoms with Gasteiger partial charge in [0.2, 0.25) is 5.91 Å². The molecule has 3 rings (SSSR count). The molecule has 1 aromatic heterocycles. The molecule has 2 amide bonds. The van der Waals surface area contributed by atoms with Crippen LogP contribution in [0.5, 0.6) is 0 Å². The van der Waals surface area contributed by atoms with Crippen LogP contribution in [0, 0.1) is 0 Å². The highest BCUT2D eigenvalue weighted by Crippen LogP contribution is 2.24. The van der Waals surface area contributed by atoms with Crippen molar-refractivity contribution in [1.82, 2.24) is 15.2 Å². The van der Waals surface area contributed by atoms with Crippen LogP contribution in [-0.2, 0) is 36.8 Å². The number of benzene rings is 2. The first-order chi connectivity index (χ1) is 18.5. The van der Waals surface area contributed by atoms with E-state index < -0.39 is 41.7 Å². The van der Waals surface area contributed by atoms with Gasteiger partial charge in [-0.15, -0.1) is 0 Å². The van der Waals surface area contributed by atoms with E-state index in [0.29, 0.717) is 11.1 Å². The Kier molecular flexibility index (Phi) is 9.70. The molecule has 0 aliphatic heterocycles. The summed E-state index contributed by atoms with van der Waals surface area (Å²) < 4.78 is 17.1. The quantitative estimate of drug-likeness (QED) is 0.307. The van der Waals surface area contributed by atoms with Crippen molar-refractivity contribution >= 4 is 35.0 Å². The zero-order valence-corrected chi connectivity index (χ0v) is 22.9. The molecule has 0 spiro atoms. The maximum Gasteiger partial charge on any atom is 0.419 e. The van der Waals surface area contributed by atoms with Crippen LogP contribution in [0.2, 0.25) is 0 Å². The van der Waals surface area contributed by atoms with Gasteiger partial charge >= 0.3 is 18.2 Å². The smallest absolute Gasteiger partial charge is 0.419 e. The standard InChI is InChI=1S/C29H35N3O7/c1-6-22(31-27(35)38-18-19-12-8-7-9-13-19)25(33)30-23(26(34)37-5)16-20-17-32(28(36)39-29(2,3)4)24-15-11-10-14-21(20)24/h7-15,17,22-23H,6,16,18H2,1-5H3,(H,30,33)(H,31,35)/t22-,23?/m1/s1. The normalized spacial score (nSPS) is 12.7. The first kappa shape index (κ1) is 29.2. The van der Waals surface area contributed by atoms with Crippen LogP contribution < -0.4 is 10.6 Å². The number of nitrogens with zero attached hydrogens (tertiary/aromatic N) is 1. The summed E-state index contributed by atoms with van der Waals surface area (Å²) in [5, 5.41) is 5.94. The first-order valence-electron chi connectivity index (χ1n) is 12.7. The highest BCUT2D eigenvalue weighted by molar-refractivity contribution is 5.93. The Morgan fingerprint density at radius 1 is 0.923 bits per heavy atom. The van der Waals surface area contributed by atoms with E-state index in [1.165, 1.54) is 11.7 Å². The molecule has 0 radical (unpaired) electrons.